The van der Waals surface area contributed by atoms with Gasteiger partial charge in [0.15, 0.2) is 0 Å². The minimum absolute atomic E-state index is 0.105. The Kier molecular flexibility index (Phi) is 6.43. The van der Waals surface area contributed by atoms with Crippen molar-refractivity contribution in [3.63, 3.8) is 0 Å². The van der Waals surface area contributed by atoms with Crippen molar-refractivity contribution >= 4 is 21.8 Å². The van der Waals surface area contributed by atoms with Gasteiger partial charge in [0, 0.05) is 38.8 Å². The Balaban J connectivity index is 1.63. The van der Waals surface area contributed by atoms with Crippen LogP contribution in [-0.4, -0.2) is 73.1 Å². The Morgan fingerprint density at radius 3 is 2.21 bits per heavy atom. The van der Waals surface area contributed by atoms with Crippen molar-refractivity contribution in [3.8, 4) is 0 Å². The minimum atomic E-state index is -3.56. The van der Waals surface area contributed by atoms with Gasteiger partial charge in [-0.1, -0.05) is 32.1 Å². The van der Waals surface area contributed by atoms with Crippen molar-refractivity contribution in [2.24, 2.45) is 0 Å². The number of carbonyl (C=O) groups is 2. The van der Waals surface area contributed by atoms with Gasteiger partial charge in [0.25, 0.3) is 0 Å². The Labute approximate surface area is 173 Å². The predicted molar refractivity (Wildman–Crippen MR) is 111 cm³/mol. The second-order valence-electron chi connectivity index (χ2n) is 7.90. The molecule has 0 radical (unpaired) electrons. The van der Waals surface area contributed by atoms with Gasteiger partial charge in [-0.25, -0.2) is 8.42 Å². The monoisotopic (exact) mass is 419 g/mol. The molecule has 7 nitrogen and oxygen atoms in total. The molecule has 1 aromatic rings. The molecule has 0 aliphatic carbocycles. The fourth-order valence-electron chi connectivity index (χ4n) is 3.94. The van der Waals surface area contributed by atoms with E-state index >= 15 is 0 Å². The van der Waals surface area contributed by atoms with Crippen LogP contribution in [0.2, 0.25) is 0 Å². The number of sulfonamides is 1. The molecule has 3 rings (SSSR count). The summed E-state index contributed by atoms with van der Waals surface area (Å²) < 4.78 is 27.4. The molecule has 2 fully saturated rings. The van der Waals surface area contributed by atoms with Crippen molar-refractivity contribution in [2.75, 3.05) is 32.7 Å². The van der Waals surface area contributed by atoms with Crippen molar-refractivity contribution < 1.29 is 18.0 Å². The molecule has 0 spiro atoms. The lowest BCUT2D eigenvalue weighted by Gasteiger charge is -2.41. The molecule has 2 saturated heterocycles. The van der Waals surface area contributed by atoms with Gasteiger partial charge in [-0.05, 0) is 36.5 Å². The topological polar surface area (TPSA) is 78.0 Å². The molecular formula is C21H29N3O4S. The highest BCUT2D eigenvalue weighted by molar-refractivity contribution is 7.89. The third-order valence-corrected chi connectivity index (χ3v) is 7.65. The summed E-state index contributed by atoms with van der Waals surface area (Å²) in [5, 5.41) is 0. The van der Waals surface area contributed by atoms with Crippen LogP contribution >= 0.6 is 0 Å². The molecule has 2 amide bonds. The summed E-state index contributed by atoms with van der Waals surface area (Å²) >= 11 is 0. The molecule has 158 valence electrons. The first kappa shape index (κ1) is 21.5. The van der Waals surface area contributed by atoms with E-state index in [9.17, 15) is 18.0 Å². The molecule has 0 bridgehead atoms. The second-order valence-corrected chi connectivity index (χ2v) is 9.84. The number of piperidine rings is 1. The molecule has 2 heterocycles. The Morgan fingerprint density at radius 2 is 1.66 bits per heavy atom. The number of amides is 2. The maximum Gasteiger partial charge on any atom is 0.312 e. The van der Waals surface area contributed by atoms with Crippen LogP contribution in [0.15, 0.2) is 41.8 Å². The van der Waals surface area contributed by atoms with Gasteiger partial charge in [-0.3, -0.25) is 9.59 Å². The van der Waals surface area contributed by atoms with Crippen molar-refractivity contribution in [3.05, 3.63) is 42.5 Å². The molecule has 1 aromatic carbocycles. The van der Waals surface area contributed by atoms with Gasteiger partial charge < -0.3 is 9.80 Å². The summed E-state index contributed by atoms with van der Waals surface area (Å²) in [4.78, 5) is 28.1. The van der Waals surface area contributed by atoms with Crippen LogP contribution < -0.4 is 0 Å². The molecule has 2 aliphatic heterocycles. The zero-order valence-electron chi connectivity index (χ0n) is 17.1. The van der Waals surface area contributed by atoms with Gasteiger partial charge in [0.1, 0.15) is 0 Å². The number of nitrogens with zero attached hydrogens (tertiary/aromatic N) is 3. The Hall–Kier alpha value is -2.19. The predicted octanol–water partition coefficient (Wildman–Crippen LogP) is 1.82. The standard InChI is InChI=1S/C21H29N3O4S/c1-4-11-22-14-15-24(21(26)20(22)25)18-9-12-23(13-10-18)29(27,28)19-7-5-17(6-8-19)16(2)3/h4-8,16,18H,1,9-15H2,2-3H3. The van der Waals surface area contributed by atoms with E-state index in [2.05, 4.69) is 20.4 Å². The third kappa shape index (κ3) is 4.38. The number of piperazine rings is 1. The van der Waals surface area contributed by atoms with Crippen LogP contribution in [0.1, 0.15) is 38.2 Å². The number of hydrogen-bond acceptors (Lipinski definition) is 4. The fraction of sp³-hybridized carbons (Fsp3) is 0.524. The lowest BCUT2D eigenvalue weighted by atomic mass is 10.0. The maximum absolute atomic E-state index is 13.0. The summed E-state index contributed by atoms with van der Waals surface area (Å²) in [5.74, 6) is -0.658. The van der Waals surface area contributed by atoms with Crippen molar-refractivity contribution in [2.45, 2.75) is 43.5 Å². The summed E-state index contributed by atoms with van der Waals surface area (Å²) in [7, 11) is -3.56. The third-order valence-electron chi connectivity index (χ3n) is 5.74. The molecule has 0 aromatic heterocycles. The smallest absolute Gasteiger partial charge is 0.312 e. The Bertz CT molecular complexity index is 872. The van der Waals surface area contributed by atoms with Gasteiger partial charge in [-0.15, -0.1) is 6.58 Å². The number of rotatable bonds is 6. The lowest BCUT2D eigenvalue weighted by molar-refractivity contribution is -0.157. The molecule has 2 aliphatic rings. The van der Waals surface area contributed by atoms with Crippen LogP contribution in [0.5, 0.6) is 0 Å². The van der Waals surface area contributed by atoms with E-state index in [0.29, 0.717) is 56.4 Å². The zero-order valence-corrected chi connectivity index (χ0v) is 17.9. The summed E-state index contributed by atoms with van der Waals surface area (Å²) in [5.41, 5.74) is 1.10. The van der Waals surface area contributed by atoms with Gasteiger partial charge in [-0.2, -0.15) is 4.31 Å². The summed E-state index contributed by atoms with van der Waals surface area (Å²) in [6.45, 7) is 9.75. The van der Waals surface area contributed by atoms with Gasteiger partial charge in [0.2, 0.25) is 10.0 Å². The van der Waals surface area contributed by atoms with Crippen molar-refractivity contribution in [1.82, 2.24) is 14.1 Å². The SMILES string of the molecule is C=CCN1CCN(C2CCN(S(=O)(=O)c3ccc(C(C)C)cc3)CC2)C(=O)C1=O. The minimum Gasteiger partial charge on any atom is -0.330 e. The first-order chi connectivity index (χ1) is 13.8. The number of carbonyl (C=O) groups excluding carboxylic acids is 2. The largest absolute Gasteiger partial charge is 0.330 e. The average Bonchev–Trinajstić information content (AvgIpc) is 2.72. The molecule has 8 heteroatoms. The van der Waals surface area contributed by atoms with E-state index in [4.69, 9.17) is 0 Å². The van der Waals surface area contributed by atoms with Crippen LogP contribution in [0.25, 0.3) is 0 Å². The first-order valence-electron chi connectivity index (χ1n) is 10.1. The maximum atomic E-state index is 13.0. The normalized spacial score (nSPS) is 19.8. The fourth-order valence-corrected chi connectivity index (χ4v) is 5.41. The average molecular weight is 420 g/mol. The summed E-state index contributed by atoms with van der Waals surface area (Å²) in [6, 6.07) is 6.94. The lowest BCUT2D eigenvalue weighted by Crippen LogP contribution is -2.59. The second kappa shape index (κ2) is 8.67. The highest BCUT2D eigenvalue weighted by Gasteiger charge is 2.38. The quantitative estimate of drug-likeness (QED) is 0.521. The van der Waals surface area contributed by atoms with Crippen molar-refractivity contribution in [1.29, 1.82) is 0 Å². The van der Waals surface area contributed by atoms with Gasteiger partial charge in [0.05, 0.1) is 4.90 Å². The highest BCUT2D eigenvalue weighted by Crippen LogP contribution is 2.25. The molecule has 0 N–H and O–H groups in total. The van der Waals surface area contributed by atoms with E-state index in [1.165, 1.54) is 9.21 Å². The summed E-state index contributed by atoms with van der Waals surface area (Å²) in [6.07, 6.45) is 2.67. The molecule has 0 atom stereocenters. The van der Waals surface area contributed by atoms with Crippen LogP contribution in [0.4, 0.5) is 0 Å². The van der Waals surface area contributed by atoms with E-state index < -0.39 is 21.8 Å². The van der Waals surface area contributed by atoms with Crippen LogP contribution in [0.3, 0.4) is 0 Å². The highest BCUT2D eigenvalue weighted by atomic mass is 32.2. The number of benzene rings is 1. The van der Waals surface area contributed by atoms with Crippen LogP contribution in [0, 0.1) is 0 Å². The molecular weight excluding hydrogens is 390 g/mol. The number of hydrogen-bond donors (Lipinski definition) is 0. The van der Waals surface area contributed by atoms with E-state index in [-0.39, 0.29) is 6.04 Å². The first-order valence-corrected chi connectivity index (χ1v) is 11.5. The van der Waals surface area contributed by atoms with Crippen LogP contribution in [-0.2, 0) is 19.6 Å². The molecule has 0 saturated carbocycles. The van der Waals surface area contributed by atoms with E-state index in [1.54, 1.807) is 23.1 Å². The molecule has 0 unspecified atom stereocenters. The van der Waals surface area contributed by atoms with E-state index in [1.807, 2.05) is 12.1 Å². The van der Waals surface area contributed by atoms with Gasteiger partial charge >= 0.3 is 11.8 Å². The zero-order chi connectivity index (χ0) is 21.2. The van der Waals surface area contributed by atoms with E-state index in [0.717, 1.165) is 5.56 Å². The Morgan fingerprint density at radius 1 is 1.03 bits per heavy atom. The molecule has 29 heavy (non-hydrogen) atoms.